The number of nitrogens with one attached hydrogen (secondary N) is 1. The van der Waals surface area contributed by atoms with Gasteiger partial charge in [-0.15, -0.1) is 0 Å². The molecule has 0 saturated carbocycles. The van der Waals surface area contributed by atoms with Crippen molar-refractivity contribution in [2.45, 2.75) is 6.92 Å². The van der Waals surface area contributed by atoms with Gasteiger partial charge in [-0.1, -0.05) is 12.1 Å². The van der Waals surface area contributed by atoms with Gasteiger partial charge in [-0.25, -0.2) is 4.79 Å². The number of anilines is 1. The standard InChI is InChI=1S/C17H15NO4/c1-11(10-12-2-8-15(19)9-3-12)16(20)18-14-6-4-13(5-7-14)17(21)22/h2-10,19H,1H3,(H,18,20)(H,21,22). The molecule has 0 aliphatic heterocycles. The fraction of sp³-hybridized carbons (Fsp3) is 0.0588. The van der Waals surface area contributed by atoms with Gasteiger partial charge < -0.3 is 15.5 Å². The Morgan fingerprint density at radius 1 is 1.00 bits per heavy atom. The molecule has 2 aromatic carbocycles. The van der Waals surface area contributed by atoms with Crippen molar-refractivity contribution in [3.8, 4) is 5.75 Å². The molecular formula is C17H15NO4. The van der Waals surface area contributed by atoms with E-state index in [1.807, 2.05) is 0 Å². The van der Waals surface area contributed by atoms with Crippen molar-refractivity contribution in [2.24, 2.45) is 0 Å². The van der Waals surface area contributed by atoms with Gasteiger partial charge in [-0.05, 0) is 55.0 Å². The minimum Gasteiger partial charge on any atom is -0.508 e. The Hall–Kier alpha value is -3.08. The van der Waals surface area contributed by atoms with Gasteiger partial charge >= 0.3 is 5.97 Å². The Balaban J connectivity index is 2.07. The second kappa shape index (κ2) is 6.58. The van der Waals surface area contributed by atoms with E-state index >= 15 is 0 Å². The molecule has 0 bridgehead atoms. The normalized spacial score (nSPS) is 11.0. The first-order valence-electron chi connectivity index (χ1n) is 6.58. The highest BCUT2D eigenvalue weighted by Gasteiger charge is 2.06. The van der Waals surface area contributed by atoms with Crippen LogP contribution in [0, 0.1) is 0 Å². The number of aromatic hydroxyl groups is 1. The first-order valence-corrected chi connectivity index (χ1v) is 6.58. The highest BCUT2D eigenvalue weighted by atomic mass is 16.4. The number of amides is 1. The summed E-state index contributed by atoms with van der Waals surface area (Å²) in [4.78, 5) is 22.8. The molecule has 0 aromatic heterocycles. The second-order valence-corrected chi connectivity index (χ2v) is 4.76. The molecule has 0 aliphatic rings. The molecule has 0 unspecified atom stereocenters. The number of carbonyl (C=O) groups is 2. The molecule has 0 fully saturated rings. The van der Waals surface area contributed by atoms with Gasteiger partial charge in [0.25, 0.3) is 5.91 Å². The van der Waals surface area contributed by atoms with Crippen molar-refractivity contribution in [1.29, 1.82) is 0 Å². The van der Waals surface area contributed by atoms with E-state index in [2.05, 4.69) is 5.32 Å². The lowest BCUT2D eigenvalue weighted by atomic mass is 10.1. The summed E-state index contributed by atoms with van der Waals surface area (Å²) < 4.78 is 0. The SMILES string of the molecule is CC(=Cc1ccc(O)cc1)C(=O)Nc1ccc(C(=O)O)cc1. The maximum Gasteiger partial charge on any atom is 0.335 e. The number of carboxylic acids is 1. The van der Waals surface area contributed by atoms with Crippen LogP contribution < -0.4 is 5.32 Å². The van der Waals surface area contributed by atoms with Crippen LogP contribution in [0.1, 0.15) is 22.8 Å². The summed E-state index contributed by atoms with van der Waals surface area (Å²) in [5.74, 6) is -1.13. The molecule has 0 aliphatic carbocycles. The van der Waals surface area contributed by atoms with E-state index in [1.165, 1.54) is 24.3 Å². The van der Waals surface area contributed by atoms with Gasteiger partial charge in [0, 0.05) is 11.3 Å². The quantitative estimate of drug-likeness (QED) is 0.757. The van der Waals surface area contributed by atoms with Crippen LogP contribution in [0.4, 0.5) is 5.69 Å². The van der Waals surface area contributed by atoms with Crippen molar-refractivity contribution >= 4 is 23.6 Å². The summed E-state index contributed by atoms with van der Waals surface area (Å²) in [6.45, 7) is 1.67. The lowest BCUT2D eigenvalue weighted by Crippen LogP contribution is -2.12. The number of carbonyl (C=O) groups excluding carboxylic acids is 1. The lowest BCUT2D eigenvalue weighted by Gasteiger charge is -2.06. The Kier molecular flexibility index (Phi) is 4.58. The molecule has 112 valence electrons. The van der Waals surface area contributed by atoms with Gasteiger partial charge in [0.1, 0.15) is 5.75 Å². The van der Waals surface area contributed by atoms with Crippen LogP contribution in [0.15, 0.2) is 54.1 Å². The van der Waals surface area contributed by atoms with E-state index < -0.39 is 5.97 Å². The number of aromatic carboxylic acids is 1. The second-order valence-electron chi connectivity index (χ2n) is 4.76. The monoisotopic (exact) mass is 297 g/mol. The number of hydrogen-bond acceptors (Lipinski definition) is 3. The van der Waals surface area contributed by atoms with E-state index in [0.29, 0.717) is 11.3 Å². The molecule has 0 spiro atoms. The van der Waals surface area contributed by atoms with Crippen molar-refractivity contribution in [1.82, 2.24) is 0 Å². The topological polar surface area (TPSA) is 86.6 Å². The third kappa shape index (κ3) is 3.96. The predicted molar refractivity (Wildman–Crippen MR) is 83.8 cm³/mol. The van der Waals surface area contributed by atoms with E-state index in [1.54, 1.807) is 37.3 Å². The zero-order valence-corrected chi connectivity index (χ0v) is 11.9. The molecule has 0 radical (unpaired) electrons. The average Bonchev–Trinajstić information content (AvgIpc) is 2.50. The van der Waals surface area contributed by atoms with Crippen LogP contribution in [0.5, 0.6) is 5.75 Å². The molecule has 2 rings (SSSR count). The lowest BCUT2D eigenvalue weighted by molar-refractivity contribution is -0.112. The summed E-state index contributed by atoms with van der Waals surface area (Å²) >= 11 is 0. The Morgan fingerprint density at radius 2 is 1.59 bits per heavy atom. The van der Waals surface area contributed by atoms with Crippen LogP contribution in [0.2, 0.25) is 0 Å². The molecule has 5 heteroatoms. The summed E-state index contributed by atoms with van der Waals surface area (Å²) in [5.41, 5.74) is 1.97. The van der Waals surface area contributed by atoms with Crippen molar-refractivity contribution < 1.29 is 19.8 Å². The van der Waals surface area contributed by atoms with Crippen LogP contribution in [0.3, 0.4) is 0 Å². The Bertz CT molecular complexity index is 715. The molecule has 22 heavy (non-hydrogen) atoms. The van der Waals surface area contributed by atoms with Crippen LogP contribution >= 0.6 is 0 Å². The first-order chi connectivity index (χ1) is 10.5. The summed E-state index contributed by atoms with van der Waals surface area (Å²) in [6.07, 6.45) is 1.69. The number of benzene rings is 2. The zero-order valence-electron chi connectivity index (χ0n) is 11.9. The smallest absolute Gasteiger partial charge is 0.335 e. The third-order valence-corrected chi connectivity index (χ3v) is 3.02. The number of hydrogen-bond donors (Lipinski definition) is 3. The largest absolute Gasteiger partial charge is 0.508 e. The fourth-order valence-corrected chi connectivity index (χ4v) is 1.81. The van der Waals surface area contributed by atoms with Crippen LogP contribution in [-0.4, -0.2) is 22.1 Å². The number of carboxylic acid groups (broad SMARTS) is 1. The van der Waals surface area contributed by atoms with Crippen molar-refractivity contribution in [2.75, 3.05) is 5.32 Å². The molecule has 0 saturated heterocycles. The molecule has 5 nitrogen and oxygen atoms in total. The van der Waals surface area contributed by atoms with Crippen molar-refractivity contribution in [3.63, 3.8) is 0 Å². The van der Waals surface area contributed by atoms with Crippen LogP contribution in [0.25, 0.3) is 6.08 Å². The summed E-state index contributed by atoms with van der Waals surface area (Å²) in [7, 11) is 0. The zero-order chi connectivity index (χ0) is 16.1. The fourth-order valence-electron chi connectivity index (χ4n) is 1.81. The highest BCUT2D eigenvalue weighted by molar-refractivity contribution is 6.06. The maximum absolute atomic E-state index is 12.1. The van der Waals surface area contributed by atoms with Gasteiger partial charge in [0.2, 0.25) is 0 Å². The van der Waals surface area contributed by atoms with Gasteiger partial charge in [0.15, 0.2) is 0 Å². The molecular weight excluding hydrogens is 282 g/mol. The molecule has 0 atom stereocenters. The third-order valence-electron chi connectivity index (χ3n) is 3.02. The molecule has 2 aromatic rings. The van der Waals surface area contributed by atoms with Crippen molar-refractivity contribution in [3.05, 3.63) is 65.2 Å². The van der Waals surface area contributed by atoms with Crippen LogP contribution in [-0.2, 0) is 4.79 Å². The number of phenols is 1. The van der Waals surface area contributed by atoms with Gasteiger partial charge in [-0.3, -0.25) is 4.79 Å². The number of phenolic OH excluding ortho intramolecular Hbond substituents is 1. The highest BCUT2D eigenvalue weighted by Crippen LogP contribution is 2.15. The van der Waals surface area contributed by atoms with E-state index in [4.69, 9.17) is 5.11 Å². The Morgan fingerprint density at radius 3 is 2.14 bits per heavy atom. The summed E-state index contributed by atoms with van der Waals surface area (Å²) in [6, 6.07) is 12.4. The van der Waals surface area contributed by atoms with Gasteiger partial charge in [-0.2, -0.15) is 0 Å². The molecule has 3 N–H and O–H groups in total. The average molecular weight is 297 g/mol. The Labute approximate surface area is 127 Å². The van der Waals surface area contributed by atoms with E-state index in [9.17, 15) is 14.7 Å². The van der Waals surface area contributed by atoms with E-state index in [-0.39, 0.29) is 17.2 Å². The maximum atomic E-state index is 12.1. The first kappa shape index (κ1) is 15.3. The predicted octanol–water partition coefficient (Wildman–Crippen LogP) is 3.13. The molecule has 1 amide bonds. The minimum atomic E-state index is -1.01. The number of rotatable bonds is 4. The molecule has 0 heterocycles. The minimum absolute atomic E-state index is 0.161. The van der Waals surface area contributed by atoms with Gasteiger partial charge in [0.05, 0.1) is 5.56 Å². The van der Waals surface area contributed by atoms with E-state index in [0.717, 1.165) is 5.56 Å². The summed E-state index contributed by atoms with van der Waals surface area (Å²) in [5, 5.41) is 20.7.